The van der Waals surface area contributed by atoms with Gasteiger partial charge < -0.3 is 9.80 Å². The quantitative estimate of drug-likeness (QED) is 0.406. The minimum atomic E-state index is -0.183. The van der Waals surface area contributed by atoms with Crippen molar-refractivity contribution in [2.24, 2.45) is 13.0 Å². The van der Waals surface area contributed by atoms with Crippen molar-refractivity contribution in [3.8, 4) is 28.3 Å². The van der Waals surface area contributed by atoms with Gasteiger partial charge in [-0.1, -0.05) is 13.0 Å². The number of rotatable bonds is 5. The molecule has 182 valence electrons. The smallest absolute Gasteiger partial charge is 0.229 e. The van der Waals surface area contributed by atoms with Crippen molar-refractivity contribution in [1.82, 2.24) is 29.3 Å². The Kier molecular flexibility index (Phi) is 6.02. The summed E-state index contributed by atoms with van der Waals surface area (Å²) in [4.78, 5) is 21.5. The van der Waals surface area contributed by atoms with Crippen molar-refractivity contribution in [2.45, 2.75) is 19.9 Å². The topological polar surface area (TPSA) is 95.4 Å². The molecule has 1 saturated heterocycles. The molecule has 1 amide bonds. The van der Waals surface area contributed by atoms with Gasteiger partial charge in [0.25, 0.3) is 0 Å². The van der Waals surface area contributed by atoms with E-state index in [0.29, 0.717) is 25.2 Å². The van der Waals surface area contributed by atoms with E-state index in [9.17, 15) is 10.1 Å². The molecule has 1 fully saturated rings. The number of amides is 1. The lowest BCUT2D eigenvalue weighted by Crippen LogP contribution is -2.55. The van der Waals surface area contributed by atoms with Gasteiger partial charge in [-0.2, -0.15) is 15.5 Å². The van der Waals surface area contributed by atoms with Gasteiger partial charge in [0.1, 0.15) is 11.9 Å². The van der Waals surface area contributed by atoms with Crippen LogP contribution in [0.4, 0.5) is 5.82 Å². The molecule has 0 radical (unpaired) electrons. The first-order valence-corrected chi connectivity index (χ1v) is 11.9. The molecular weight excluding hydrogens is 452 g/mol. The number of hydrogen-bond acceptors (Lipinski definition) is 6. The number of anilines is 1. The maximum Gasteiger partial charge on any atom is 0.229 e. The number of aromatic nitrogens is 5. The number of fused-ring (bicyclic) bond motifs is 1. The molecule has 0 aliphatic carbocycles. The highest BCUT2D eigenvalue weighted by atomic mass is 16.2. The van der Waals surface area contributed by atoms with Crippen LogP contribution in [0.1, 0.15) is 19.4 Å². The molecule has 36 heavy (non-hydrogen) atoms. The van der Waals surface area contributed by atoms with Crippen LogP contribution in [0.15, 0.2) is 61.8 Å². The van der Waals surface area contributed by atoms with Gasteiger partial charge in [0.2, 0.25) is 5.91 Å². The van der Waals surface area contributed by atoms with Gasteiger partial charge in [0, 0.05) is 73.6 Å². The average Bonchev–Trinajstić information content (AvgIpc) is 3.53. The fraction of sp³-hybridized carbons (Fsp3) is 0.296. The number of nitrogens with zero attached hydrogens (tertiary/aromatic N) is 8. The van der Waals surface area contributed by atoms with E-state index in [1.54, 1.807) is 21.5 Å². The van der Waals surface area contributed by atoms with Gasteiger partial charge in [-0.25, -0.2) is 9.50 Å². The Hall–Kier alpha value is -4.45. The zero-order chi connectivity index (χ0) is 25.4. The Balaban J connectivity index is 1.45. The SMILES string of the molecule is C=CC(C)C(=O)N1CCN(c2ccc(-c3cc(-c4cnn(C)c4)cn4ncc(C#N)c34)cn2)CC1C. The van der Waals surface area contributed by atoms with Gasteiger partial charge in [0.15, 0.2) is 0 Å². The van der Waals surface area contributed by atoms with Crippen molar-refractivity contribution in [3.05, 3.63) is 67.4 Å². The van der Waals surface area contributed by atoms with Crippen molar-refractivity contribution in [1.29, 1.82) is 5.26 Å². The lowest BCUT2D eigenvalue weighted by atomic mass is 10.0. The average molecular weight is 481 g/mol. The fourth-order valence-corrected chi connectivity index (χ4v) is 4.74. The first kappa shape index (κ1) is 23.3. The summed E-state index contributed by atoms with van der Waals surface area (Å²) < 4.78 is 3.50. The summed E-state index contributed by atoms with van der Waals surface area (Å²) in [6.07, 6.45) is 10.8. The summed E-state index contributed by atoms with van der Waals surface area (Å²) in [6, 6.07) is 8.41. The molecule has 2 atom stereocenters. The molecule has 4 aromatic heterocycles. The summed E-state index contributed by atoms with van der Waals surface area (Å²) >= 11 is 0. The summed E-state index contributed by atoms with van der Waals surface area (Å²) in [7, 11) is 1.88. The molecule has 0 saturated carbocycles. The van der Waals surface area contributed by atoms with Crippen molar-refractivity contribution in [2.75, 3.05) is 24.5 Å². The van der Waals surface area contributed by atoms with Gasteiger partial charge >= 0.3 is 0 Å². The van der Waals surface area contributed by atoms with Crippen LogP contribution < -0.4 is 4.90 Å². The van der Waals surface area contributed by atoms with Crippen LogP contribution in [-0.2, 0) is 11.8 Å². The monoisotopic (exact) mass is 480 g/mol. The molecule has 5 rings (SSSR count). The number of carbonyl (C=O) groups excluding carboxylic acids is 1. The molecule has 5 heterocycles. The van der Waals surface area contributed by atoms with Gasteiger partial charge in [0.05, 0.1) is 29.4 Å². The third kappa shape index (κ3) is 4.11. The second-order valence-electron chi connectivity index (χ2n) is 9.26. The Morgan fingerprint density at radius 3 is 2.64 bits per heavy atom. The van der Waals surface area contributed by atoms with Crippen molar-refractivity contribution >= 4 is 17.2 Å². The lowest BCUT2D eigenvalue weighted by Gasteiger charge is -2.41. The van der Waals surface area contributed by atoms with Crippen molar-refractivity contribution in [3.63, 3.8) is 0 Å². The third-order valence-electron chi connectivity index (χ3n) is 6.81. The Labute approximate surface area is 209 Å². The molecular formula is C27H28N8O. The molecule has 2 unspecified atom stereocenters. The first-order chi connectivity index (χ1) is 17.4. The number of piperazine rings is 1. The van der Waals surface area contributed by atoms with E-state index in [-0.39, 0.29) is 17.9 Å². The molecule has 9 nitrogen and oxygen atoms in total. The largest absolute Gasteiger partial charge is 0.353 e. The number of aryl methyl sites for hydroxylation is 1. The minimum Gasteiger partial charge on any atom is -0.353 e. The minimum absolute atomic E-state index is 0.0795. The van der Waals surface area contributed by atoms with Crippen LogP contribution >= 0.6 is 0 Å². The van der Waals surface area contributed by atoms with Crippen LogP contribution in [0.25, 0.3) is 27.8 Å². The van der Waals surface area contributed by atoms with E-state index in [1.165, 1.54) is 0 Å². The molecule has 1 aliphatic rings. The van der Waals surface area contributed by atoms with Crippen LogP contribution in [-0.4, -0.2) is 60.9 Å². The highest BCUT2D eigenvalue weighted by Crippen LogP contribution is 2.32. The van der Waals surface area contributed by atoms with Crippen LogP contribution in [0.5, 0.6) is 0 Å². The highest BCUT2D eigenvalue weighted by molar-refractivity contribution is 5.87. The number of carbonyl (C=O) groups is 1. The molecule has 9 heteroatoms. The molecule has 4 aromatic rings. The molecule has 0 spiro atoms. The Bertz CT molecular complexity index is 1480. The van der Waals surface area contributed by atoms with E-state index in [2.05, 4.69) is 40.7 Å². The summed E-state index contributed by atoms with van der Waals surface area (Å²) in [5, 5.41) is 18.4. The second kappa shape index (κ2) is 9.30. The van der Waals surface area contributed by atoms with Crippen LogP contribution in [0, 0.1) is 17.2 Å². The molecule has 0 aromatic carbocycles. The van der Waals surface area contributed by atoms with Gasteiger partial charge in [-0.3, -0.25) is 9.48 Å². The fourth-order valence-electron chi connectivity index (χ4n) is 4.74. The Morgan fingerprint density at radius 1 is 1.17 bits per heavy atom. The summed E-state index contributed by atoms with van der Waals surface area (Å²) in [5.74, 6) is 0.799. The zero-order valence-corrected chi connectivity index (χ0v) is 20.7. The van der Waals surface area contributed by atoms with E-state index in [1.807, 2.05) is 55.8 Å². The van der Waals surface area contributed by atoms with E-state index in [4.69, 9.17) is 4.98 Å². The number of pyridine rings is 2. The number of hydrogen-bond donors (Lipinski definition) is 0. The van der Waals surface area contributed by atoms with E-state index < -0.39 is 0 Å². The van der Waals surface area contributed by atoms with Crippen LogP contribution in [0.3, 0.4) is 0 Å². The van der Waals surface area contributed by atoms with E-state index in [0.717, 1.165) is 33.6 Å². The predicted molar refractivity (Wildman–Crippen MR) is 138 cm³/mol. The standard InChI is InChI=1S/C27H28N8O/c1-5-18(2)27(36)34-9-8-33(15-19(34)3)25-7-6-20(12-29-25)24-10-21(23-14-30-32(4)16-23)17-35-26(24)22(11-28)13-31-35/h5-7,10,12-14,16-19H,1,8-9,15H2,2-4H3. The maximum absolute atomic E-state index is 12.6. The summed E-state index contributed by atoms with van der Waals surface area (Å²) in [6.45, 7) is 9.78. The molecule has 0 bridgehead atoms. The molecule has 1 aliphatic heterocycles. The normalized spacial score (nSPS) is 16.7. The third-order valence-corrected chi connectivity index (χ3v) is 6.81. The predicted octanol–water partition coefficient (Wildman–Crippen LogP) is 3.53. The second-order valence-corrected chi connectivity index (χ2v) is 9.26. The van der Waals surface area contributed by atoms with Gasteiger partial charge in [-0.05, 0) is 25.1 Å². The van der Waals surface area contributed by atoms with Crippen molar-refractivity contribution < 1.29 is 4.79 Å². The van der Waals surface area contributed by atoms with E-state index >= 15 is 0 Å². The molecule has 0 N–H and O–H groups in total. The maximum atomic E-state index is 12.6. The number of nitriles is 1. The van der Waals surface area contributed by atoms with Gasteiger partial charge in [-0.15, -0.1) is 6.58 Å². The lowest BCUT2D eigenvalue weighted by molar-refractivity contribution is -0.135. The van der Waals surface area contributed by atoms with Crippen LogP contribution in [0.2, 0.25) is 0 Å². The zero-order valence-electron chi connectivity index (χ0n) is 20.7. The summed E-state index contributed by atoms with van der Waals surface area (Å²) in [5.41, 5.74) is 4.95. The Morgan fingerprint density at radius 2 is 2.00 bits per heavy atom. The first-order valence-electron chi connectivity index (χ1n) is 11.9. The highest BCUT2D eigenvalue weighted by Gasteiger charge is 2.29.